The highest BCUT2D eigenvalue weighted by atomic mass is 16.6. The molecule has 0 atom stereocenters. The Morgan fingerprint density at radius 3 is 2.50 bits per heavy atom. The fourth-order valence-electron chi connectivity index (χ4n) is 3.63. The zero-order valence-corrected chi connectivity index (χ0v) is 16.9. The van der Waals surface area contributed by atoms with Crippen LogP contribution in [0.25, 0.3) is 11.1 Å². The topological polar surface area (TPSA) is 59.1 Å². The van der Waals surface area contributed by atoms with Crippen LogP contribution in [0.15, 0.2) is 66.9 Å². The number of imide groups is 1. The van der Waals surface area contributed by atoms with Gasteiger partial charge in [-0.15, -0.1) is 0 Å². The van der Waals surface area contributed by atoms with Gasteiger partial charge in [0.25, 0.3) is 5.91 Å². The Hall–Kier alpha value is -3.38. The van der Waals surface area contributed by atoms with Crippen LogP contribution in [0.2, 0.25) is 0 Å². The lowest BCUT2D eigenvalue weighted by atomic mass is 10.00. The van der Waals surface area contributed by atoms with Gasteiger partial charge in [0.1, 0.15) is 0 Å². The molecule has 154 valence electrons. The summed E-state index contributed by atoms with van der Waals surface area (Å²) >= 11 is 0. The predicted molar refractivity (Wildman–Crippen MR) is 116 cm³/mol. The quantitative estimate of drug-likeness (QED) is 0.723. The predicted octanol–water partition coefficient (Wildman–Crippen LogP) is 3.95. The molecule has 2 heterocycles. The van der Waals surface area contributed by atoms with Gasteiger partial charge >= 0.3 is 6.09 Å². The molecule has 2 amide bonds. The van der Waals surface area contributed by atoms with E-state index < -0.39 is 6.09 Å². The number of amides is 2. The lowest BCUT2D eigenvalue weighted by Crippen LogP contribution is -2.34. The monoisotopic (exact) mass is 404 g/mol. The van der Waals surface area contributed by atoms with E-state index >= 15 is 0 Å². The van der Waals surface area contributed by atoms with Gasteiger partial charge in [-0.1, -0.05) is 48.5 Å². The van der Waals surface area contributed by atoms with E-state index in [9.17, 15) is 9.59 Å². The van der Waals surface area contributed by atoms with E-state index in [0.29, 0.717) is 24.5 Å². The van der Waals surface area contributed by atoms with Crippen molar-refractivity contribution in [3.8, 4) is 0 Å². The van der Waals surface area contributed by atoms with Gasteiger partial charge < -0.3 is 14.4 Å². The standard InChI is InChI=1S/C24H24N2O4/c1-2-30-24(28)26-22-11-7-6-10-20(22)21(23(26)27)16-19(18-8-4-3-5-9-18)17-25-12-14-29-15-13-25/h3-11,16-17H,2,12-15H2,1H3/b19-17+,21-16-. The molecule has 2 aromatic rings. The number of morpholine rings is 1. The third-order valence-corrected chi connectivity index (χ3v) is 5.09. The van der Waals surface area contributed by atoms with Crippen LogP contribution in [0, 0.1) is 0 Å². The summed E-state index contributed by atoms with van der Waals surface area (Å²) in [7, 11) is 0. The van der Waals surface area contributed by atoms with Gasteiger partial charge in [-0.25, -0.2) is 9.69 Å². The maximum atomic E-state index is 13.2. The first-order valence-electron chi connectivity index (χ1n) is 10.1. The maximum absolute atomic E-state index is 13.2. The van der Waals surface area contributed by atoms with Crippen LogP contribution in [0.1, 0.15) is 18.1 Å². The lowest BCUT2D eigenvalue weighted by Gasteiger charge is -2.26. The van der Waals surface area contributed by atoms with Crippen LogP contribution in [0.4, 0.5) is 10.5 Å². The minimum atomic E-state index is -0.656. The Balaban J connectivity index is 1.78. The number of hydrogen-bond acceptors (Lipinski definition) is 5. The summed E-state index contributed by atoms with van der Waals surface area (Å²) in [4.78, 5) is 29.0. The molecular formula is C24H24N2O4. The highest BCUT2D eigenvalue weighted by molar-refractivity contribution is 6.39. The molecule has 0 radical (unpaired) electrons. The molecule has 30 heavy (non-hydrogen) atoms. The van der Waals surface area contributed by atoms with Gasteiger partial charge in [0, 0.05) is 24.9 Å². The molecule has 6 heteroatoms. The van der Waals surface area contributed by atoms with Gasteiger partial charge in [0.2, 0.25) is 0 Å². The van der Waals surface area contributed by atoms with Crippen LogP contribution < -0.4 is 4.90 Å². The second-order valence-corrected chi connectivity index (χ2v) is 7.01. The second-order valence-electron chi connectivity index (χ2n) is 7.01. The van der Waals surface area contributed by atoms with Crippen LogP contribution >= 0.6 is 0 Å². The minimum Gasteiger partial charge on any atom is -0.449 e. The van der Waals surface area contributed by atoms with Crippen molar-refractivity contribution < 1.29 is 19.1 Å². The Labute approximate surface area is 176 Å². The van der Waals surface area contributed by atoms with E-state index in [2.05, 4.69) is 11.1 Å². The first-order valence-corrected chi connectivity index (χ1v) is 10.1. The number of allylic oxidation sites excluding steroid dienone is 2. The number of ether oxygens (including phenoxy) is 2. The Morgan fingerprint density at radius 2 is 1.77 bits per heavy atom. The first kappa shape index (κ1) is 19.9. The molecule has 0 bridgehead atoms. The van der Waals surface area contributed by atoms with Crippen LogP contribution in [-0.4, -0.2) is 49.8 Å². The molecule has 0 N–H and O–H groups in total. The van der Waals surface area contributed by atoms with E-state index in [1.54, 1.807) is 13.0 Å². The van der Waals surface area contributed by atoms with Gasteiger partial charge in [-0.05, 0) is 30.2 Å². The molecule has 2 aliphatic heterocycles. The molecule has 0 saturated carbocycles. The fraction of sp³-hybridized carbons (Fsp3) is 0.250. The van der Waals surface area contributed by atoms with Crippen molar-refractivity contribution in [2.24, 2.45) is 0 Å². The van der Waals surface area contributed by atoms with Crippen LogP contribution in [0.5, 0.6) is 0 Å². The Morgan fingerprint density at radius 1 is 1.07 bits per heavy atom. The fourth-order valence-corrected chi connectivity index (χ4v) is 3.63. The van der Waals surface area contributed by atoms with Crippen LogP contribution in [0.3, 0.4) is 0 Å². The number of para-hydroxylation sites is 1. The summed E-state index contributed by atoms with van der Waals surface area (Å²) in [6, 6.07) is 17.2. The van der Waals surface area contributed by atoms with Crippen LogP contribution in [-0.2, 0) is 14.3 Å². The average Bonchev–Trinajstić information content (AvgIpc) is 3.06. The number of carbonyl (C=O) groups is 2. The highest BCUT2D eigenvalue weighted by Crippen LogP contribution is 2.38. The van der Waals surface area contributed by atoms with E-state index in [-0.39, 0.29) is 12.5 Å². The number of rotatable bonds is 4. The average molecular weight is 404 g/mol. The van der Waals surface area contributed by atoms with E-state index in [4.69, 9.17) is 9.47 Å². The zero-order chi connectivity index (χ0) is 20.9. The second kappa shape index (κ2) is 8.97. The zero-order valence-electron chi connectivity index (χ0n) is 16.9. The van der Waals surface area contributed by atoms with Crippen molar-refractivity contribution in [2.45, 2.75) is 6.92 Å². The minimum absolute atomic E-state index is 0.204. The molecule has 4 rings (SSSR count). The molecule has 2 aliphatic rings. The molecule has 0 aliphatic carbocycles. The summed E-state index contributed by atoms with van der Waals surface area (Å²) in [5, 5.41) is 0. The highest BCUT2D eigenvalue weighted by Gasteiger charge is 2.37. The summed E-state index contributed by atoms with van der Waals surface area (Å²) in [6.07, 6.45) is 3.27. The van der Waals surface area contributed by atoms with Crippen molar-refractivity contribution in [3.05, 3.63) is 78.0 Å². The number of benzene rings is 2. The lowest BCUT2D eigenvalue weighted by molar-refractivity contribution is -0.112. The summed E-state index contributed by atoms with van der Waals surface area (Å²) in [6.45, 7) is 4.86. The van der Waals surface area contributed by atoms with Crippen molar-refractivity contribution in [1.82, 2.24) is 4.90 Å². The summed E-state index contributed by atoms with van der Waals surface area (Å²) < 4.78 is 10.6. The third kappa shape index (κ3) is 4.00. The number of hydrogen-bond donors (Lipinski definition) is 0. The molecule has 0 spiro atoms. The number of carbonyl (C=O) groups excluding carboxylic acids is 2. The van der Waals surface area contributed by atoms with Gasteiger partial charge in [-0.2, -0.15) is 0 Å². The molecule has 0 unspecified atom stereocenters. The van der Waals surface area contributed by atoms with Gasteiger partial charge in [0.05, 0.1) is 31.1 Å². The van der Waals surface area contributed by atoms with Gasteiger partial charge in [-0.3, -0.25) is 4.79 Å². The molecule has 1 saturated heterocycles. The molecule has 0 aromatic heterocycles. The maximum Gasteiger partial charge on any atom is 0.421 e. The Kier molecular flexibility index (Phi) is 5.95. The number of anilines is 1. The van der Waals surface area contributed by atoms with Crippen molar-refractivity contribution >= 4 is 28.8 Å². The third-order valence-electron chi connectivity index (χ3n) is 5.09. The largest absolute Gasteiger partial charge is 0.449 e. The number of nitrogens with zero attached hydrogens (tertiary/aromatic N) is 2. The number of fused-ring (bicyclic) bond motifs is 1. The first-order chi connectivity index (χ1) is 14.7. The molecule has 2 aromatic carbocycles. The molecule has 6 nitrogen and oxygen atoms in total. The van der Waals surface area contributed by atoms with E-state index in [1.807, 2.05) is 54.6 Å². The summed E-state index contributed by atoms with van der Waals surface area (Å²) in [5.74, 6) is -0.376. The van der Waals surface area contributed by atoms with Gasteiger partial charge in [0.15, 0.2) is 0 Å². The Bertz CT molecular complexity index is 991. The van der Waals surface area contributed by atoms with Crippen molar-refractivity contribution in [2.75, 3.05) is 37.8 Å². The molecular weight excluding hydrogens is 380 g/mol. The SMILES string of the molecule is CCOC(=O)N1C(=O)/C(=C\C(=C/N2CCOCC2)c2ccccc2)c2ccccc21. The van der Waals surface area contributed by atoms with E-state index in [0.717, 1.165) is 34.7 Å². The van der Waals surface area contributed by atoms with Crippen molar-refractivity contribution in [3.63, 3.8) is 0 Å². The smallest absolute Gasteiger partial charge is 0.421 e. The van der Waals surface area contributed by atoms with E-state index in [1.165, 1.54) is 0 Å². The van der Waals surface area contributed by atoms with Crippen molar-refractivity contribution in [1.29, 1.82) is 0 Å². The normalized spacial score (nSPS) is 18.0. The molecule has 1 fully saturated rings. The summed E-state index contributed by atoms with van der Waals surface area (Å²) in [5.41, 5.74) is 3.64.